The average Bonchev–Trinajstić information content (AvgIpc) is 2.62. The number of carbonyl (C=O) groups is 3. The Labute approximate surface area is 111 Å². The fourth-order valence-corrected chi connectivity index (χ4v) is 2.52. The molecule has 7 heteroatoms. The van der Waals surface area contributed by atoms with E-state index in [1.807, 2.05) is 0 Å². The maximum atomic E-state index is 12.3. The summed E-state index contributed by atoms with van der Waals surface area (Å²) in [4.78, 5) is 37.8. The summed E-state index contributed by atoms with van der Waals surface area (Å²) < 4.78 is 0. The largest absolute Gasteiger partial charge is 0.481 e. The van der Waals surface area contributed by atoms with E-state index in [1.54, 1.807) is 4.90 Å². The van der Waals surface area contributed by atoms with Gasteiger partial charge in [-0.05, 0) is 19.3 Å². The number of amides is 3. The summed E-state index contributed by atoms with van der Waals surface area (Å²) in [6.45, 7) is 1.99. The first-order valence-electron chi connectivity index (χ1n) is 6.61. The van der Waals surface area contributed by atoms with Crippen molar-refractivity contribution >= 4 is 17.9 Å². The lowest BCUT2D eigenvalue weighted by atomic mass is 9.98. The van der Waals surface area contributed by atoms with Gasteiger partial charge in [-0.25, -0.2) is 4.79 Å². The highest BCUT2D eigenvalue weighted by Gasteiger charge is 2.31. The van der Waals surface area contributed by atoms with Crippen molar-refractivity contribution in [3.63, 3.8) is 0 Å². The van der Waals surface area contributed by atoms with Gasteiger partial charge in [0.1, 0.15) is 6.54 Å². The molecule has 0 aromatic heterocycles. The lowest BCUT2D eigenvalue weighted by Gasteiger charge is -2.34. The molecule has 0 spiro atoms. The molecule has 2 saturated heterocycles. The van der Waals surface area contributed by atoms with Crippen LogP contribution in [0.2, 0.25) is 0 Å². The number of carboxylic acid groups (broad SMARTS) is 1. The minimum atomic E-state index is -0.855. The van der Waals surface area contributed by atoms with Crippen LogP contribution in [-0.4, -0.2) is 65.5 Å². The first kappa shape index (κ1) is 13.6. The predicted molar refractivity (Wildman–Crippen MR) is 66.5 cm³/mol. The van der Waals surface area contributed by atoms with E-state index in [4.69, 9.17) is 5.11 Å². The molecule has 19 heavy (non-hydrogen) atoms. The highest BCUT2D eigenvalue weighted by molar-refractivity contribution is 5.84. The van der Waals surface area contributed by atoms with E-state index in [-0.39, 0.29) is 25.0 Å². The molecule has 0 unspecified atom stereocenters. The van der Waals surface area contributed by atoms with Crippen molar-refractivity contribution < 1.29 is 19.5 Å². The van der Waals surface area contributed by atoms with Crippen LogP contribution in [0.4, 0.5) is 4.79 Å². The van der Waals surface area contributed by atoms with Gasteiger partial charge in [0, 0.05) is 26.2 Å². The van der Waals surface area contributed by atoms with Crippen LogP contribution in [0.25, 0.3) is 0 Å². The van der Waals surface area contributed by atoms with Crippen molar-refractivity contribution in [2.75, 3.05) is 32.7 Å². The Morgan fingerprint density at radius 1 is 1.21 bits per heavy atom. The number of hydrogen-bond donors (Lipinski definition) is 2. The van der Waals surface area contributed by atoms with Gasteiger partial charge in [-0.3, -0.25) is 9.59 Å². The third kappa shape index (κ3) is 3.36. The normalized spacial score (nSPS) is 24.6. The van der Waals surface area contributed by atoms with E-state index in [1.165, 1.54) is 4.90 Å². The predicted octanol–water partition coefficient (Wildman–Crippen LogP) is -0.275. The summed E-state index contributed by atoms with van der Waals surface area (Å²) in [6, 6.07) is -0.219. The SMILES string of the molecule is O=C1CN(C(=O)N2CCC[C@@H](C(=O)O)C2)CCCN1. The molecule has 2 N–H and O–H groups in total. The first-order valence-corrected chi connectivity index (χ1v) is 6.61. The third-order valence-electron chi connectivity index (χ3n) is 3.57. The summed E-state index contributed by atoms with van der Waals surface area (Å²) in [5.74, 6) is -1.50. The Morgan fingerprint density at radius 2 is 1.95 bits per heavy atom. The highest BCUT2D eigenvalue weighted by Crippen LogP contribution is 2.18. The fourth-order valence-electron chi connectivity index (χ4n) is 2.52. The van der Waals surface area contributed by atoms with Gasteiger partial charge in [-0.2, -0.15) is 0 Å². The number of carboxylic acids is 1. The van der Waals surface area contributed by atoms with Gasteiger partial charge in [0.25, 0.3) is 0 Å². The molecule has 106 valence electrons. The van der Waals surface area contributed by atoms with Crippen LogP contribution in [0.1, 0.15) is 19.3 Å². The summed E-state index contributed by atoms with van der Waals surface area (Å²) in [5.41, 5.74) is 0. The second kappa shape index (κ2) is 5.90. The quantitative estimate of drug-likeness (QED) is 0.685. The summed E-state index contributed by atoms with van der Waals surface area (Å²) in [6.07, 6.45) is 2.04. The number of hydrogen-bond acceptors (Lipinski definition) is 3. The third-order valence-corrected chi connectivity index (χ3v) is 3.57. The number of piperidine rings is 1. The van der Waals surface area contributed by atoms with Crippen LogP contribution in [0.3, 0.4) is 0 Å². The van der Waals surface area contributed by atoms with Crippen molar-refractivity contribution in [2.24, 2.45) is 5.92 Å². The minimum Gasteiger partial charge on any atom is -0.481 e. The number of carbonyl (C=O) groups excluding carboxylic acids is 2. The molecule has 2 rings (SSSR count). The smallest absolute Gasteiger partial charge is 0.320 e. The second-order valence-corrected chi connectivity index (χ2v) is 5.03. The summed E-state index contributed by atoms with van der Waals surface area (Å²) >= 11 is 0. The van der Waals surface area contributed by atoms with Gasteiger partial charge in [-0.1, -0.05) is 0 Å². The Balaban J connectivity index is 1.97. The number of aliphatic carboxylic acids is 1. The van der Waals surface area contributed by atoms with Crippen molar-refractivity contribution in [3.05, 3.63) is 0 Å². The molecule has 0 aromatic carbocycles. The maximum absolute atomic E-state index is 12.3. The standard InChI is InChI=1S/C12H19N3O4/c16-10-8-15(6-2-4-13-10)12(19)14-5-1-3-9(7-14)11(17)18/h9H,1-8H2,(H,13,16)(H,17,18)/t9-/m1/s1. The molecule has 3 amide bonds. The zero-order chi connectivity index (χ0) is 13.8. The monoisotopic (exact) mass is 269 g/mol. The van der Waals surface area contributed by atoms with Gasteiger partial charge < -0.3 is 20.2 Å². The molecule has 1 atom stereocenters. The van der Waals surface area contributed by atoms with E-state index in [0.717, 1.165) is 6.42 Å². The first-order chi connectivity index (χ1) is 9.08. The number of urea groups is 1. The van der Waals surface area contributed by atoms with Crippen molar-refractivity contribution in [1.29, 1.82) is 0 Å². The average molecular weight is 269 g/mol. The summed E-state index contributed by atoms with van der Waals surface area (Å²) in [7, 11) is 0. The van der Waals surface area contributed by atoms with Gasteiger partial charge >= 0.3 is 12.0 Å². The Bertz CT molecular complexity index is 385. The van der Waals surface area contributed by atoms with Crippen LogP contribution in [-0.2, 0) is 9.59 Å². The molecule has 0 saturated carbocycles. The molecule has 2 aliphatic heterocycles. The Hall–Kier alpha value is -1.79. The van der Waals surface area contributed by atoms with Gasteiger partial charge in [0.05, 0.1) is 5.92 Å². The molecule has 0 bridgehead atoms. The van der Waals surface area contributed by atoms with Crippen molar-refractivity contribution in [1.82, 2.24) is 15.1 Å². The Kier molecular flexibility index (Phi) is 4.24. The van der Waals surface area contributed by atoms with E-state index < -0.39 is 11.9 Å². The molecule has 7 nitrogen and oxygen atoms in total. The van der Waals surface area contributed by atoms with Crippen LogP contribution in [0, 0.1) is 5.92 Å². The molecule has 2 heterocycles. The second-order valence-electron chi connectivity index (χ2n) is 5.03. The van der Waals surface area contributed by atoms with E-state index in [0.29, 0.717) is 32.5 Å². The van der Waals surface area contributed by atoms with Crippen LogP contribution in [0.5, 0.6) is 0 Å². The van der Waals surface area contributed by atoms with Gasteiger partial charge in [-0.15, -0.1) is 0 Å². The zero-order valence-corrected chi connectivity index (χ0v) is 10.8. The zero-order valence-electron chi connectivity index (χ0n) is 10.8. The molecular formula is C12H19N3O4. The highest BCUT2D eigenvalue weighted by atomic mass is 16.4. The molecular weight excluding hydrogens is 250 g/mol. The molecule has 2 aliphatic rings. The van der Waals surface area contributed by atoms with Crippen molar-refractivity contribution in [3.8, 4) is 0 Å². The van der Waals surface area contributed by atoms with Crippen LogP contribution in [0.15, 0.2) is 0 Å². The molecule has 0 aromatic rings. The van der Waals surface area contributed by atoms with Crippen LogP contribution < -0.4 is 5.32 Å². The maximum Gasteiger partial charge on any atom is 0.320 e. The minimum absolute atomic E-state index is 0.0626. The van der Waals surface area contributed by atoms with E-state index >= 15 is 0 Å². The number of nitrogens with zero attached hydrogens (tertiary/aromatic N) is 2. The van der Waals surface area contributed by atoms with E-state index in [9.17, 15) is 14.4 Å². The fraction of sp³-hybridized carbons (Fsp3) is 0.750. The van der Waals surface area contributed by atoms with Gasteiger partial charge in [0.2, 0.25) is 5.91 Å². The molecule has 2 fully saturated rings. The number of rotatable bonds is 1. The van der Waals surface area contributed by atoms with Crippen LogP contribution >= 0.6 is 0 Å². The van der Waals surface area contributed by atoms with Gasteiger partial charge in [0.15, 0.2) is 0 Å². The number of likely N-dealkylation sites (tertiary alicyclic amines) is 1. The van der Waals surface area contributed by atoms with E-state index in [2.05, 4.69) is 5.32 Å². The topological polar surface area (TPSA) is 90.0 Å². The van der Waals surface area contributed by atoms with Crippen molar-refractivity contribution in [2.45, 2.75) is 19.3 Å². The summed E-state index contributed by atoms with van der Waals surface area (Å²) in [5, 5.41) is 11.7. The molecule has 0 aliphatic carbocycles. The lowest BCUT2D eigenvalue weighted by Crippen LogP contribution is -2.50. The molecule has 0 radical (unpaired) electrons. The Morgan fingerprint density at radius 3 is 2.68 bits per heavy atom. The lowest BCUT2D eigenvalue weighted by molar-refractivity contribution is -0.143. The number of nitrogens with one attached hydrogen (secondary N) is 1.